The van der Waals surface area contributed by atoms with Gasteiger partial charge in [0.2, 0.25) is 0 Å². The quantitative estimate of drug-likeness (QED) is 0.915. The Morgan fingerprint density at radius 1 is 1.18 bits per heavy atom. The van der Waals surface area contributed by atoms with E-state index in [2.05, 4.69) is 0 Å². The Balaban J connectivity index is 2.20. The molecule has 1 unspecified atom stereocenters. The fourth-order valence-electron chi connectivity index (χ4n) is 1.78. The molecule has 0 saturated carbocycles. The molecule has 90 valence electrons. The van der Waals surface area contributed by atoms with Crippen molar-refractivity contribution in [2.24, 2.45) is 5.73 Å². The molecule has 0 fully saturated rings. The molecule has 0 amide bonds. The van der Waals surface area contributed by atoms with E-state index in [4.69, 9.17) is 33.4 Å². The van der Waals surface area contributed by atoms with E-state index in [1.54, 1.807) is 12.3 Å². The number of hydrogen-bond donors (Lipinski definition) is 1. The number of halogens is 2. The lowest BCUT2D eigenvalue weighted by atomic mass is 9.95. The molecule has 2 N–H and O–H groups in total. The van der Waals surface area contributed by atoms with Crippen LogP contribution in [0.5, 0.6) is 0 Å². The van der Waals surface area contributed by atoms with Crippen molar-refractivity contribution >= 4 is 23.2 Å². The lowest BCUT2D eigenvalue weighted by Crippen LogP contribution is -2.14. The van der Waals surface area contributed by atoms with Crippen molar-refractivity contribution in [1.82, 2.24) is 0 Å². The van der Waals surface area contributed by atoms with Crippen molar-refractivity contribution in [2.75, 3.05) is 6.54 Å². The van der Waals surface area contributed by atoms with Gasteiger partial charge in [-0.2, -0.15) is 0 Å². The molecule has 0 spiro atoms. The molecule has 1 atom stereocenters. The van der Waals surface area contributed by atoms with Crippen molar-refractivity contribution in [2.45, 2.75) is 12.3 Å². The van der Waals surface area contributed by atoms with Gasteiger partial charge in [-0.1, -0.05) is 29.3 Å². The Labute approximate surface area is 110 Å². The Morgan fingerprint density at radius 3 is 2.59 bits per heavy atom. The van der Waals surface area contributed by atoms with Gasteiger partial charge in [0.1, 0.15) is 5.76 Å². The lowest BCUT2D eigenvalue weighted by molar-refractivity contribution is 0.487. The van der Waals surface area contributed by atoms with Crippen molar-refractivity contribution in [1.29, 1.82) is 0 Å². The molecule has 2 rings (SSSR count). The van der Waals surface area contributed by atoms with Crippen LogP contribution in [0.25, 0.3) is 0 Å². The molecule has 0 saturated heterocycles. The predicted octanol–water partition coefficient (Wildman–Crippen LogP) is 3.87. The Hall–Kier alpha value is -0.960. The Morgan fingerprint density at radius 2 is 2.00 bits per heavy atom. The highest BCUT2D eigenvalue weighted by Gasteiger charge is 2.13. The van der Waals surface area contributed by atoms with E-state index in [0.29, 0.717) is 16.6 Å². The number of furan rings is 1. The molecule has 0 radical (unpaired) electrons. The van der Waals surface area contributed by atoms with E-state index in [-0.39, 0.29) is 5.92 Å². The van der Waals surface area contributed by atoms with Crippen LogP contribution in [-0.2, 0) is 6.42 Å². The predicted molar refractivity (Wildman–Crippen MR) is 70.7 cm³/mol. The van der Waals surface area contributed by atoms with Gasteiger partial charge >= 0.3 is 0 Å². The maximum absolute atomic E-state index is 6.00. The van der Waals surface area contributed by atoms with Crippen LogP contribution in [0, 0.1) is 0 Å². The van der Waals surface area contributed by atoms with Crippen LogP contribution < -0.4 is 5.73 Å². The summed E-state index contributed by atoms with van der Waals surface area (Å²) in [4.78, 5) is 0. The first-order valence-corrected chi connectivity index (χ1v) is 6.13. The third-order valence-electron chi connectivity index (χ3n) is 2.73. The summed E-state index contributed by atoms with van der Waals surface area (Å²) in [7, 11) is 0. The van der Waals surface area contributed by atoms with Gasteiger partial charge in [0.25, 0.3) is 0 Å². The Bertz CT molecular complexity index is 482. The lowest BCUT2D eigenvalue weighted by Gasteiger charge is -2.14. The average Bonchev–Trinajstić information content (AvgIpc) is 2.82. The molecular weight excluding hydrogens is 257 g/mol. The van der Waals surface area contributed by atoms with Gasteiger partial charge in [-0.3, -0.25) is 0 Å². The second-order valence-electron chi connectivity index (χ2n) is 3.89. The van der Waals surface area contributed by atoms with Gasteiger partial charge in [-0.15, -0.1) is 0 Å². The monoisotopic (exact) mass is 269 g/mol. The van der Waals surface area contributed by atoms with Crippen LogP contribution in [0.2, 0.25) is 10.0 Å². The minimum absolute atomic E-state index is 0.191. The minimum Gasteiger partial charge on any atom is -0.469 e. The maximum atomic E-state index is 6.00. The van der Waals surface area contributed by atoms with Crippen LogP contribution >= 0.6 is 23.2 Å². The second kappa shape index (κ2) is 5.58. The van der Waals surface area contributed by atoms with Gasteiger partial charge in [0, 0.05) is 12.3 Å². The third-order valence-corrected chi connectivity index (χ3v) is 3.47. The van der Waals surface area contributed by atoms with Crippen molar-refractivity contribution in [3.63, 3.8) is 0 Å². The number of benzene rings is 1. The maximum Gasteiger partial charge on any atom is 0.104 e. The molecule has 0 bridgehead atoms. The highest BCUT2D eigenvalue weighted by Crippen LogP contribution is 2.28. The molecule has 0 aliphatic rings. The summed E-state index contributed by atoms with van der Waals surface area (Å²) >= 11 is 11.9. The molecule has 1 aromatic carbocycles. The van der Waals surface area contributed by atoms with E-state index < -0.39 is 0 Å². The molecule has 0 aliphatic carbocycles. The van der Waals surface area contributed by atoms with Gasteiger partial charge in [-0.25, -0.2) is 0 Å². The Kier molecular flexibility index (Phi) is 4.11. The van der Waals surface area contributed by atoms with Crippen molar-refractivity contribution < 1.29 is 4.42 Å². The smallest absolute Gasteiger partial charge is 0.104 e. The van der Waals surface area contributed by atoms with E-state index >= 15 is 0 Å². The van der Waals surface area contributed by atoms with Crippen LogP contribution in [0.4, 0.5) is 0 Å². The van der Waals surface area contributed by atoms with Gasteiger partial charge < -0.3 is 10.2 Å². The molecule has 4 heteroatoms. The normalized spacial score (nSPS) is 12.6. The average molecular weight is 270 g/mol. The van der Waals surface area contributed by atoms with Crippen molar-refractivity contribution in [3.05, 3.63) is 58.0 Å². The van der Waals surface area contributed by atoms with Crippen molar-refractivity contribution in [3.8, 4) is 0 Å². The zero-order valence-electron chi connectivity index (χ0n) is 9.20. The van der Waals surface area contributed by atoms with Gasteiger partial charge in [-0.05, 0) is 36.4 Å². The topological polar surface area (TPSA) is 39.2 Å². The van der Waals surface area contributed by atoms with Crippen LogP contribution in [0.3, 0.4) is 0 Å². The summed E-state index contributed by atoms with van der Waals surface area (Å²) in [5.41, 5.74) is 6.87. The summed E-state index contributed by atoms with van der Waals surface area (Å²) < 4.78 is 5.33. The molecule has 1 aromatic heterocycles. The highest BCUT2D eigenvalue weighted by atomic mass is 35.5. The zero-order chi connectivity index (χ0) is 12.3. The molecular formula is C13H13Cl2NO. The first kappa shape index (κ1) is 12.5. The largest absolute Gasteiger partial charge is 0.469 e. The highest BCUT2D eigenvalue weighted by molar-refractivity contribution is 6.42. The van der Waals surface area contributed by atoms with Gasteiger partial charge in [0.05, 0.1) is 16.3 Å². The van der Waals surface area contributed by atoms with E-state index in [9.17, 15) is 0 Å². The van der Waals surface area contributed by atoms with E-state index in [1.807, 2.05) is 24.3 Å². The summed E-state index contributed by atoms with van der Waals surface area (Å²) in [6, 6.07) is 9.43. The molecule has 17 heavy (non-hydrogen) atoms. The summed E-state index contributed by atoms with van der Waals surface area (Å²) in [6.45, 7) is 0.540. The molecule has 0 aliphatic heterocycles. The fourth-order valence-corrected chi connectivity index (χ4v) is 2.08. The SMILES string of the molecule is NCC(Cc1ccco1)c1ccc(Cl)c(Cl)c1. The number of hydrogen-bond acceptors (Lipinski definition) is 2. The first-order valence-electron chi connectivity index (χ1n) is 5.38. The standard InChI is InChI=1S/C13H13Cl2NO/c14-12-4-3-9(7-13(12)15)10(8-16)6-11-2-1-5-17-11/h1-5,7,10H,6,8,16H2. The summed E-state index contributed by atoms with van der Waals surface area (Å²) in [6.07, 6.45) is 2.43. The van der Waals surface area contributed by atoms with E-state index in [0.717, 1.165) is 17.7 Å². The second-order valence-corrected chi connectivity index (χ2v) is 4.70. The number of nitrogens with two attached hydrogens (primary N) is 1. The van der Waals surface area contributed by atoms with Crippen LogP contribution in [0.15, 0.2) is 41.0 Å². The number of rotatable bonds is 4. The van der Waals surface area contributed by atoms with E-state index in [1.165, 1.54) is 0 Å². The fraction of sp³-hybridized carbons (Fsp3) is 0.231. The van der Waals surface area contributed by atoms with Crippen LogP contribution in [0.1, 0.15) is 17.2 Å². The minimum atomic E-state index is 0.191. The molecule has 2 aromatic rings. The molecule has 1 heterocycles. The van der Waals surface area contributed by atoms with Gasteiger partial charge in [0.15, 0.2) is 0 Å². The zero-order valence-corrected chi connectivity index (χ0v) is 10.7. The molecule has 2 nitrogen and oxygen atoms in total. The third kappa shape index (κ3) is 3.03. The summed E-state index contributed by atoms with van der Waals surface area (Å²) in [5.74, 6) is 1.11. The van der Waals surface area contributed by atoms with Crippen LogP contribution in [-0.4, -0.2) is 6.54 Å². The first-order chi connectivity index (χ1) is 8.20. The summed E-state index contributed by atoms with van der Waals surface area (Å²) in [5, 5.41) is 1.12.